The Labute approximate surface area is 150 Å². The van der Waals surface area contributed by atoms with Gasteiger partial charge in [-0.3, -0.25) is 0 Å². The Balaban J connectivity index is 1.45. The van der Waals surface area contributed by atoms with E-state index in [9.17, 15) is 0 Å². The molecule has 1 atom stereocenters. The highest BCUT2D eigenvalue weighted by atomic mass is 32.2. The Morgan fingerprint density at radius 2 is 1.84 bits per heavy atom. The SMILES string of the molecule is CN(C)c1ccc([C@H]2Nn3c(COc4ccccc4)nnc3S2)cc1. The molecule has 0 bridgehead atoms. The average molecular weight is 353 g/mol. The lowest BCUT2D eigenvalue weighted by atomic mass is 10.2. The first kappa shape index (κ1) is 15.8. The van der Waals surface area contributed by atoms with Gasteiger partial charge in [0.05, 0.1) is 0 Å². The molecule has 3 aromatic rings. The van der Waals surface area contributed by atoms with Crippen molar-refractivity contribution in [1.29, 1.82) is 0 Å². The summed E-state index contributed by atoms with van der Waals surface area (Å²) >= 11 is 1.66. The summed E-state index contributed by atoms with van der Waals surface area (Å²) in [7, 11) is 4.08. The Morgan fingerprint density at radius 1 is 1.08 bits per heavy atom. The van der Waals surface area contributed by atoms with Gasteiger partial charge in [-0.05, 0) is 29.8 Å². The van der Waals surface area contributed by atoms with Gasteiger partial charge in [-0.15, -0.1) is 10.2 Å². The Bertz CT molecular complexity index is 848. The minimum absolute atomic E-state index is 0.122. The molecule has 0 spiro atoms. The highest BCUT2D eigenvalue weighted by molar-refractivity contribution is 7.99. The molecule has 7 heteroatoms. The molecule has 128 valence electrons. The van der Waals surface area contributed by atoms with Gasteiger partial charge in [0.25, 0.3) is 0 Å². The molecule has 6 nitrogen and oxygen atoms in total. The highest BCUT2D eigenvalue weighted by Gasteiger charge is 2.27. The first-order chi connectivity index (χ1) is 12.2. The monoisotopic (exact) mass is 353 g/mol. The third-order valence-electron chi connectivity index (χ3n) is 3.99. The van der Waals surface area contributed by atoms with Crippen LogP contribution in [0.3, 0.4) is 0 Å². The van der Waals surface area contributed by atoms with E-state index in [4.69, 9.17) is 4.74 Å². The summed E-state index contributed by atoms with van der Waals surface area (Å²) in [5, 5.41) is 9.45. The van der Waals surface area contributed by atoms with Crippen molar-refractivity contribution in [2.45, 2.75) is 17.1 Å². The lowest BCUT2D eigenvalue weighted by Gasteiger charge is -2.15. The number of nitrogens with zero attached hydrogens (tertiary/aromatic N) is 4. The number of hydrogen-bond donors (Lipinski definition) is 1. The normalized spacial score (nSPS) is 15.5. The zero-order chi connectivity index (χ0) is 17.2. The number of nitrogens with one attached hydrogen (secondary N) is 1. The van der Waals surface area contributed by atoms with Crippen LogP contribution in [0.15, 0.2) is 59.8 Å². The van der Waals surface area contributed by atoms with Gasteiger partial charge in [-0.2, -0.15) is 0 Å². The van der Waals surface area contributed by atoms with Crippen LogP contribution in [0.1, 0.15) is 16.8 Å². The fraction of sp³-hybridized carbons (Fsp3) is 0.222. The van der Waals surface area contributed by atoms with E-state index in [1.54, 1.807) is 11.8 Å². The minimum Gasteiger partial charge on any atom is -0.486 e. The van der Waals surface area contributed by atoms with Crippen molar-refractivity contribution in [2.24, 2.45) is 0 Å². The maximum Gasteiger partial charge on any atom is 0.212 e. The van der Waals surface area contributed by atoms with Crippen LogP contribution < -0.4 is 15.1 Å². The van der Waals surface area contributed by atoms with Crippen molar-refractivity contribution in [3.05, 3.63) is 66.0 Å². The Kier molecular flexibility index (Phi) is 4.23. The number of thioether (sulfide) groups is 1. The predicted octanol–water partition coefficient (Wildman–Crippen LogP) is 3.27. The molecule has 0 saturated heterocycles. The van der Waals surface area contributed by atoms with Crippen LogP contribution in [0.2, 0.25) is 0 Å². The van der Waals surface area contributed by atoms with Gasteiger partial charge in [-0.1, -0.05) is 42.1 Å². The summed E-state index contributed by atoms with van der Waals surface area (Å²) in [6.45, 7) is 0.372. The summed E-state index contributed by atoms with van der Waals surface area (Å²) in [4.78, 5) is 2.09. The van der Waals surface area contributed by atoms with Crippen molar-refractivity contribution in [3.8, 4) is 5.75 Å². The predicted molar refractivity (Wildman–Crippen MR) is 99.5 cm³/mol. The number of rotatable bonds is 5. The molecular formula is C18H19N5OS. The van der Waals surface area contributed by atoms with Crippen LogP contribution in [0.5, 0.6) is 5.75 Å². The molecule has 0 amide bonds. The Hall–Kier alpha value is -2.67. The van der Waals surface area contributed by atoms with Crippen LogP contribution in [0.4, 0.5) is 5.69 Å². The van der Waals surface area contributed by atoms with Gasteiger partial charge in [-0.25, -0.2) is 4.68 Å². The molecule has 0 radical (unpaired) electrons. The van der Waals surface area contributed by atoms with E-state index in [0.717, 1.165) is 16.7 Å². The minimum atomic E-state index is 0.122. The fourth-order valence-electron chi connectivity index (χ4n) is 2.60. The standard InChI is InChI=1S/C18H19N5OS/c1-22(2)14-10-8-13(9-11-14)17-21-23-16(19-20-18(23)25-17)12-24-15-6-4-3-5-7-15/h3-11,17,21H,12H2,1-2H3/t17-/m0/s1. The van der Waals surface area contributed by atoms with Gasteiger partial charge < -0.3 is 15.1 Å². The van der Waals surface area contributed by atoms with Crippen LogP contribution >= 0.6 is 11.8 Å². The molecule has 1 N–H and O–H groups in total. The van der Waals surface area contributed by atoms with E-state index in [1.165, 1.54) is 11.3 Å². The van der Waals surface area contributed by atoms with E-state index >= 15 is 0 Å². The first-order valence-electron chi connectivity index (χ1n) is 8.03. The summed E-state index contributed by atoms with van der Waals surface area (Å²) in [6, 6.07) is 18.2. The van der Waals surface area contributed by atoms with Crippen LogP contribution in [0, 0.1) is 0 Å². The number of aromatic nitrogens is 3. The largest absolute Gasteiger partial charge is 0.486 e. The maximum absolute atomic E-state index is 5.78. The van der Waals surface area contributed by atoms with Crippen molar-refractivity contribution in [3.63, 3.8) is 0 Å². The molecule has 25 heavy (non-hydrogen) atoms. The number of anilines is 1. The second-order valence-corrected chi connectivity index (χ2v) is 7.02. The van der Waals surface area contributed by atoms with E-state index in [0.29, 0.717) is 6.61 Å². The number of benzene rings is 2. The second kappa shape index (κ2) is 6.68. The van der Waals surface area contributed by atoms with E-state index in [2.05, 4.69) is 44.8 Å². The van der Waals surface area contributed by atoms with E-state index in [-0.39, 0.29) is 5.37 Å². The zero-order valence-electron chi connectivity index (χ0n) is 14.1. The lowest BCUT2D eigenvalue weighted by molar-refractivity contribution is 0.291. The van der Waals surface area contributed by atoms with Crippen LogP contribution in [-0.4, -0.2) is 29.0 Å². The molecule has 1 aliphatic rings. The first-order valence-corrected chi connectivity index (χ1v) is 8.91. The van der Waals surface area contributed by atoms with Gasteiger partial charge in [0.1, 0.15) is 17.7 Å². The molecule has 0 fully saturated rings. The molecule has 2 aromatic carbocycles. The molecule has 0 unspecified atom stereocenters. The quantitative estimate of drug-likeness (QED) is 0.760. The van der Waals surface area contributed by atoms with Crippen molar-refractivity contribution >= 4 is 17.4 Å². The summed E-state index contributed by atoms with van der Waals surface area (Å²) < 4.78 is 7.70. The second-order valence-electron chi connectivity index (χ2n) is 5.95. The zero-order valence-corrected chi connectivity index (χ0v) is 14.9. The topological polar surface area (TPSA) is 55.2 Å². The smallest absolute Gasteiger partial charge is 0.212 e. The summed E-state index contributed by atoms with van der Waals surface area (Å²) in [6.07, 6.45) is 0. The third kappa shape index (κ3) is 3.28. The summed E-state index contributed by atoms with van der Waals surface area (Å²) in [5.74, 6) is 1.58. The average Bonchev–Trinajstić information content (AvgIpc) is 3.22. The van der Waals surface area contributed by atoms with E-state index < -0.39 is 0 Å². The number of hydrogen-bond acceptors (Lipinski definition) is 6. The van der Waals surface area contributed by atoms with Gasteiger partial charge >= 0.3 is 0 Å². The third-order valence-corrected chi connectivity index (χ3v) is 5.08. The lowest BCUT2D eigenvalue weighted by Crippen LogP contribution is -2.17. The molecule has 2 heterocycles. The molecule has 0 saturated carbocycles. The van der Waals surface area contributed by atoms with Crippen molar-refractivity contribution in [2.75, 3.05) is 24.4 Å². The van der Waals surface area contributed by atoms with Gasteiger partial charge in [0.15, 0.2) is 5.82 Å². The van der Waals surface area contributed by atoms with Crippen LogP contribution in [-0.2, 0) is 6.61 Å². The molecule has 1 aliphatic heterocycles. The Morgan fingerprint density at radius 3 is 2.56 bits per heavy atom. The van der Waals surface area contributed by atoms with Gasteiger partial charge in [0.2, 0.25) is 5.16 Å². The van der Waals surface area contributed by atoms with Crippen molar-refractivity contribution in [1.82, 2.24) is 14.9 Å². The molecular weight excluding hydrogens is 334 g/mol. The fourth-order valence-corrected chi connectivity index (χ4v) is 3.62. The molecule has 0 aliphatic carbocycles. The van der Waals surface area contributed by atoms with Crippen LogP contribution in [0.25, 0.3) is 0 Å². The number of ether oxygens (including phenoxy) is 1. The molecule has 4 rings (SSSR count). The number of para-hydroxylation sites is 1. The van der Waals surface area contributed by atoms with Gasteiger partial charge in [0, 0.05) is 19.8 Å². The van der Waals surface area contributed by atoms with E-state index in [1.807, 2.05) is 49.1 Å². The highest BCUT2D eigenvalue weighted by Crippen LogP contribution is 2.38. The number of fused-ring (bicyclic) bond motifs is 1. The van der Waals surface area contributed by atoms with Crippen molar-refractivity contribution < 1.29 is 4.74 Å². The summed E-state index contributed by atoms with van der Waals surface area (Å²) in [5.41, 5.74) is 5.83. The maximum atomic E-state index is 5.78. The molecule has 1 aromatic heterocycles.